The van der Waals surface area contributed by atoms with Gasteiger partial charge in [-0.05, 0) is 12.1 Å². The lowest BCUT2D eigenvalue weighted by molar-refractivity contribution is 0.0938. The normalized spacial score (nSPS) is 14.0. The molecule has 12 heteroatoms. The third-order valence-corrected chi connectivity index (χ3v) is 5.16. The van der Waals surface area contributed by atoms with E-state index in [4.69, 9.17) is 13.9 Å². The second kappa shape index (κ2) is 11.2. The molecule has 3 aromatic rings. The maximum atomic E-state index is 12.7. The Bertz CT molecular complexity index is 1100. The van der Waals surface area contributed by atoms with Gasteiger partial charge < -0.3 is 29.4 Å². The molecule has 1 saturated heterocycles. The van der Waals surface area contributed by atoms with E-state index in [0.717, 1.165) is 12.8 Å². The van der Waals surface area contributed by atoms with Gasteiger partial charge in [-0.3, -0.25) is 14.6 Å². The number of piperidine rings is 1. The Labute approximate surface area is 195 Å². The van der Waals surface area contributed by atoms with Crippen molar-refractivity contribution in [2.75, 3.05) is 43.6 Å². The lowest BCUT2D eigenvalue weighted by Gasteiger charge is -2.30. The molecule has 34 heavy (non-hydrogen) atoms. The van der Waals surface area contributed by atoms with Crippen molar-refractivity contribution in [3.05, 3.63) is 54.4 Å². The molecule has 0 aliphatic carbocycles. The number of oxazole rings is 1. The molecule has 2 N–H and O–H groups in total. The smallest absolute Gasteiger partial charge is 0.316 e. The number of pyridine rings is 1. The third-order valence-electron chi connectivity index (χ3n) is 5.16. The van der Waals surface area contributed by atoms with E-state index in [-0.39, 0.29) is 29.0 Å². The van der Waals surface area contributed by atoms with Gasteiger partial charge in [-0.25, -0.2) is 9.97 Å². The standard InChI is InChI=1S/C22H25N7O5/c1-32-12-9-24-19(30)16-3-8-23-13-17(16)27-20(31)18-14-33-22(28-18)29-10-4-15(5-11-29)34-21-25-6-2-7-26-21/h2-3,6-8,13-15H,4-5,9-12H2,1H3,(H,24,30)(H,27,31). The number of nitrogens with one attached hydrogen (secondary N) is 2. The van der Waals surface area contributed by atoms with Gasteiger partial charge >= 0.3 is 6.01 Å². The summed E-state index contributed by atoms with van der Waals surface area (Å²) in [7, 11) is 1.55. The number of nitrogens with zero attached hydrogens (tertiary/aromatic N) is 5. The number of carbonyl (C=O) groups excluding carboxylic acids is 2. The van der Waals surface area contributed by atoms with Gasteiger partial charge in [-0.2, -0.15) is 4.98 Å². The molecular weight excluding hydrogens is 442 g/mol. The van der Waals surface area contributed by atoms with Crippen LogP contribution in [0.3, 0.4) is 0 Å². The highest BCUT2D eigenvalue weighted by Gasteiger charge is 2.25. The molecule has 4 heterocycles. The van der Waals surface area contributed by atoms with Gasteiger partial charge in [0.1, 0.15) is 12.4 Å². The lowest BCUT2D eigenvalue weighted by Crippen LogP contribution is -2.38. The number of rotatable bonds is 9. The van der Waals surface area contributed by atoms with Crippen molar-refractivity contribution < 1.29 is 23.5 Å². The van der Waals surface area contributed by atoms with Crippen LogP contribution in [-0.2, 0) is 4.74 Å². The Morgan fingerprint density at radius 2 is 1.97 bits per heavy atom. The van der Waals surface area contributed by atoms with Crippen LogP contribution < -0.4 is 20.3 Å². The van der Waals surface area contributed by atoms with Crippen molar-refractivity contribution in [3.63, 3.8) is 0 Å². The van der Waals surface area contributed by atoms with Gasteiger partial charge in [0, 0.05) is 58.2 Å². The molecule has 4 rings (SSSR count). The first-order chi connectivity index (χ1) is 16.6. The minimum absolute atomic E-state index is 0.00424. The molecular formula is C22H25N7O5. The van der Waals surface area contributed by atoms with Crippen molar-refractivity contribution in [1.82, 2.24) is 25.3 Å². The van der Waals surface area contributed by atoms with E-state index in [1.807, 2.05) is 4.90 Å². The monoisotopic (exact) mass is 467 g/mol. The number of methoxy groups -OCH3 is 1. The Morgan fingerprint density at radius 1 is 1.18 bits per heavy atom. The van der Waals surface area contributed by atoms with Crippen LogP contribution in [0.1, 0.15) is 33.7 Å². The van der Waals surface area contributed by atoms with Gasteiger partial charge in [0.25, 0.3) is 17.8 Å². The summed E-state index contributed by atoms with van der Waals surface area (Å²) < 4.78 is 16.3. The second-order valence-corrected chi connectivity index (χ2v) is 7.48. The maximum Gasteiger partial charge on any atom is 0.316 e. The summed E-state index contributed by atoms with van der Waals surface area (Å²) >= 11 is 0. The lowest BCUT2D eigenvalue weighted by atomic mass is 10.1. The first kappa shape index (κ1) is 23.1. The van der Waals surface area contributed by atoms with Crippen molar-refractivity contribution in [1.29, 1.82) is 0 Å². The Balaban J connectivity index is 1.33. The van der Waals surface area contributed by atoms with Gasteiger partial charge in [0.2, 0.25) is 0 Å². The zero-order valence-corrected chi connectivity index (χ0v) is 18.6. The number of ether oxygens (including phenoxy) is 2. The average Bonchev–Trinajstić information content (AvgIpc) is 3.36. The van der Waals surface area contributed by atoms with Crippen LogP contribution in [0.4, 0.5) is 11.7 Å². The van der Waals surface area contributed by atoms with Crippen LogP contribution in [0.25, 0.3) is 0 Å². The van der Waals surface area contributed by atoms with E-state index in [1.54, 1.807) is 25.6 Å². The summed E-state index contributed by atoms with van der Waals surface area (Å²) in [5, 5.41) is 5.40. The average molecular weight is 467 g/mol. The van der Waals surface area contributed by atoms with E-state index in [9.17, 15) is 9.59 Å². The SMILES string of the molecule is COCCNC(=O)c1ccncc1NC(=O)c1coc(N2CCC(Oc3ncccn3)CC2)n1. The van der Waals surface area contributed by atoms with Crippen molar-refractivity contribution in [2.45, 2.75) is 18.9 Å². The molecule has 3 aromatic heterocycles. The van der Waals surface area contributed by atoms with Crippen molar-refractivity contribution in [3.8, 4) is 6.01 Å². The topological polar surface area (TPSA) is 145 Å². The van der Waals surface area contributed by atoms with E-state index in [0.29, 0.717) is 38.3 Å². The van der Waals surface area contributed by atoms with Gasteiger partial charge in [-0.1, -0.05) is 0 Å². The highest BCUT2D eigenvalue weighted by Crippen LogP contribution is 2.22. The summed E-state index contributed by atoms with van der Waals surface area (Å²) in [4.78, 5) is 43.6. The van der Waals surface area contributed by atoms with Gasteiger partial charge in [0.05, 0.1) is 24.1 Å². The summed E-state index contributed by atoms with van der Waals surface area (Å²) in [5.41, 5.74) is 0.654. The fourth-order valence-electron chi connectivity index (χ4n) is 3.41. The summed E-state index contributed by atoms with van der Waals surface area (Å²) in [6.45, 7) is 2.02. The molecule has 0 unspecified atom stereocenters. The molecule has 0 spiro atoms. The molecule has 178 valence electrons. The largest absolute Gasteiger partial charge is 0.460 e. The van der Waals surface area contributed by atoms with Crippen LogP contribution >= 0.6 is 0 Å². The van der Waals surface area contributed by atoms with Crippen molar-refractivity contribution in [2.24, 2.45) is 0 Å². The molecule has 0 saturated carbocycles. The van der Waals surface area contributed by atoms with E-state index in [2.05, 4.69) is 30.6 Å². The van der Waals surface area contributed by atoms with Crippen molar-refractivity contribution >= 4 is 23.5 Å². The zero-order valence-electron chi connectivity index (χ0n) is 18.6. The molecule has 1 aliphatic heterocycles. The summed E-state index contributed by atoms with van der Waals surface area (Å²) in [5.74, 6) is -0.852. The maximum absolute atomic E-state index is 12.7. The Morgan fingerprint density at radius 3 is 2.74 bits per heavy atom. The van der Waals surface area contributed by atoms with Crippen LogP contribution in [-0.4, -0.2) is 71.2 Å². The predicted molar refractivity (Wildman–Crippen MR) is 121 cm³/mol. The number of hydrogen-bond donors (Lipinski definition) is 2. The van der Waals surface area contributed by atoms with Crippen LogP contribution in [0.2, 0.25) is 0 Å². The van der Waals surface area contributed by atoms with Crippen LogP contribution in [0, 0.1) is 0 Å². The molecule has 12 nitrogen and oxygen atoms in total. The fourth-order valence-corrected chi connectivity index (χ4v) is 3.41. The number of anilines is 2. The number of aromatic nitrogens is 4. The molecule has 0 atom stereocenters. The fraction of sp³-hybridized carbons (Fsp3) is 0.364. The summed E-state index contributed by atoms with van der Waals surface area (Å²) in [6.07, 6.45) is 8.92. The van der Waals surface area contributed by atoms with E-state index in [1.165, 1.54) is 24.7 Å². The minimum atomic E-state index is -0.506. The molecule has 1 aliphatic rings. The number of amides is 2. The highest BCUT2D eigenvalue weighted by molar-refractivity contribution is 6.08. The third kappa shape index (κ3) is 5.84. The second-order valence-electron chi connectivity index (χ2n) is 7.48. The van der Waals surface area contributed by atoms with Crippen LogP contribution in [0.5, 0.6) is 6.01 Å². The quantitative estimate of drug-likeness (QED) is 0.445. The van der Waals surface area contributed by atoms with Gasteiger partial charge in [0.15, 0.2) is 5.69 Å². The van der Waals surface area contributed by atoms with Gasteiger partial charge in [-0.15, -0.1) is 0 Å². The molecule has 0 bridgehead atoms. The van der Waals surface area contributed by atoms with Crippen LogP contribution in [0.15, 0.2) is 47.6 Å². The highest BCUT2D eigenvalue weighted by atomic mass is 16.5. The number of hydrogen-bond acceptors (Lipinski definition) is 10. The Kier molecular flexibility index (Phi) is 7.60. The molecule has 0 aromatic carbocycles. The Hall–Kier alpha value is -4.06. The number of carbonyl (C=O) groups is 2. The molecule has 0 radical (unpaired) electrons. The minimum Gasteiger partial charge on any atom is -0.460 e. The zero-order chi connectivity index (χ0) is 23.8. The predicted octanol–water partition coefficient (Wildman–Crippen LogP) is 1.54. The first-order valence-electron chi connectivity index (χ1n) is 10.8. The molecule has 1 fully saturated rings. The van der Waals surface area contributed by atoms with E-state index < -0.39 is 5.91 Å². The summed E-state index contributed by atoms with van der Waals surface area (Å²) in [6, 6.07) is 3.97. The molecule has 2 amide bonds. The van der Waals surface area contributed by atoms with E-state index >= 15 is 0 Å². The first-order valence-corrected chi connectivity index (χ1v) is 10.8.